The number of aryl methyl sites for hydroxylation is 1. The van der Waals surface area contributed by atoms with Crippen LogP contribution in [0.5, 0.6) is 0 Å². The number of amides is 1. The van der Waals surface area contributed by atoms with Crippen LogP contribution >= 0.6 is 11.6 Å². The summed E-state index contributed by atoms with van der Waals surface area (Å²) in [5.74, 6) is -1.02. The van der Waals surface area contributed by atoms with E-state index in [1.807, 2.05) is 0 Å². The van der Waals surface area contributed by atoms with Gasteiger partial charge in [-0.25, -0.2) is 0 Å². The van der Waals surface area contributed by atoms with E-state index in [0.717, 1.165) is 12.8 Å². The molecule has 0 radical (unpaired) electrons. The van der Waals surface area contributed by atoms with E-state index < -0.39 is 5.97 Å². The van der Waals surface area contributed by atoms with E-state index in [2.05, 4.69) is 0 Å². The summed E-state index contributed by atoms with van der Waals surface area (Å²) < 4.78 is 1.67. The van der Waals surface area contributed by atoms with E-state index in [4.69, 9.17) is 16.7 Å². The van der Waals surface area contributed by atoms with E-state index >= 15 is 0 Å². The monoisotopic (exact) mass is 270 g/mol. The van der Waals surface area contributed by atoms with Gasteiger partial charge in [-0.1, -0.05) is 11.6 Å². The molecule has 1 aromatic rings. The van der Waals surface area contributed by atoms with Gasteiger partial charge in [-0.05, 0) is 18.9 Å². The lowest BCUT2D eigenvalue weighted by Crippen LogP contribution is -2.37. The van der Waals surface area contributed by atoms with Crippen molar-refractivity contribution < 1.29 is 14.7 Å². The van der Waals surface area contributed by atoms with E-state index in [1.54, 1.807) is 28.8 Å². The molecule has 1 unspecified atom stereocenters. The van der Waals surface area contributed by atoms with E-state index in [-0.39, 0.29) is 18.4 Å². The lowest BCUT2D eigenvalue weighted by Gasteiger charge is -2.23. The number of carbonyl (C=O) groups excluding carboxylic acids is 1. The van der Waals surface area contributed by atoms with Gasteiger partial charge in [0.25, 0.3) is 5.91 Å². The topological polar surface area (TPSA) is 62.5 Å². The Morgan fingerprint density at radius 2 is 2.28 bits per heavy atom. The molecule has 1 atom stereocenters. The number of hydrogen-bond donors (Lipinski definition) is 1. The predicted octanol–water partition coefficient (Wildman–Crippen LogP) is 1.76. The number of aliphatic carboxylic acids is 1. The van der Waals surface area contributed by atoms with Gasteiger partial charge in [0.2, 0.25) is 0 Å². The maximum atomic E-state index is 12.3. The highest BCUT2D eigenvalue weighted by Gasteiger charge is 2.31. The molecule has 98 valence electrons. The van der Waals surface area contributed by atoms with Gasteiger partial charge in [-0.2, -0.15) is 0 Å². The van der Waals surface area contributed by atoms with Gasteiger partial charge in [0.05, 0.1) is 11.4 Å². The van der Waals surface area contributed by atoms with Gasteiger partial charge >= 0.3 is 5.97 Å². The van der Waals surface area contributed by atoms with Gasteiger partial charge in [0, 0.05) is 25.8 Å². The summed E-state index contributed by atoms with van der Waals surface area (Å²) in [6.45, 7) is 0.611. The van der Waals surface area contributed by atoms with Crippen molar-refractivity contribution in [3.63, 3.8) is 0 Å². The molecule has 2 rings (SSSR count). The average Bonchev–Trinajstić information content (AvgIpc) is 2.83. The summed E-state index contributed by atoms with van der Waals surface area (Å²) in [4.78, 5) is 24.7. The van der Waals surface area contributed by atoms with Crippen molar-refractivity contribution in [2.75, 3.05) is 6.54 Å². The maximum absolute atomic E-state index is 12.3. The van der Waals surface area contributed by atoms with Crippen molar-refractivity contribution in [3.8, 4) is 0 Å². The second kappa shape index (κ2) is 5.02. The van der Waals surface area contributed by atoms with Crippen LogP contribution in [0, 0.1) is 0 Å². The van der Waals surface area contributed by atoms with Crippen LogP contribution in [0.3, 0.4) is 0 Å². The first-order chi connectivity index (χ1) is 8.49. The van der Waals surface area contributed by atoms with Crippen LogP contribution in [0.4, 0.5) is 0 Å². The molecule has 1 aromatic heterocycles. The number of likely N-dealkylation sites (tertiary alicyclic amines) is 1. The number of rotatable bonds is 3. The Bertz CT molecular complexity index is 484. The Balaban J connectivity index is 2.17. The average molecular weight is 271 g/mol. The molecule has 0 aliphatic carbocycles. The lowest BCUT2D eigenvalue weighted by molar-refractivity contribution is -0.137. The largest absolute Gasteiger partial charge is 0.481 e. The summed E-state index contributed by atoms with van der Waals surface area (Å²) in [6.07, 6.45) is 3.26. The van der Waals surface area contributed by atoms with Gasteiger partial charge in [0.15, 0.2) is 0 Å². The molecule has 1 amide bonds. The quantitative estimate of drug-likeness (QED) is 0.910. The van der Waals surface area contributed by atoms with Crippen LogP contribution in [0.25, 0.3) is 0 Å². The molecule has 1 N–H and O–H groups in total. The van der Waals surface area contributed by atoms with Gasteiger partial charge in [-0.15, -0.1) is 0 Å². The van der Waals surface area contributed by atoms with Gasteiger partial charge in [-0.3, -0.25) is 9.59 Å². The molecule has 0 aromatic carbocycles. The first-order valence-corrected chi connectivity index (χ1v) is 6.21. The maximum Gasteiger partial charge on any atom is 0.305 e. The van der Waals surface area contributed by atoms with Gasteiger partial charge < -0.3 is 14.6 Å². The lowest BCUT2D eigenvalue weighted by atomic mass is 10.1. The Labute approximate surface area is 110 Å². The van der Waals surface area contributed by atoms with Crippen LogP contribution < -0.4 is 0 Å². The normalized spacial score (nSPS) is 19.2. The molecule has 1 saturated heterocycles. The second-order valence-electron chi connectivity index (χ2n) is 4.55. The van der Waals surface area contributed by atoms with Crippen LogP contribution in [0.15, 0.2) is 12.3 Å². The minimum absolute atomic E-state index is 0.00386. The van der Waals surface area contributed by atoms with Crippen molar-refractivity contribution in [1.29, 1.82) is 0 Å². The Morgan fingerprint density at radius 3 is 2.83 bits per heavy atom. The third-order valence-corrected chi connectivity index (χ3v) is 3.45. The smallest absolute Gasteiger partial charge is 0.305 e. The number of carbonyl (C=O) groups is 2. The highest BCUT2D eigenvalue weighted by atomic mass is 35.5. The number of carboxylic acids is 1. The number of halogens is 1. The zero-order chi connectivity index (χ0) is 13.3. The van der Waals surface area contributed by atoms with Crippen molar-refractivity contribution in [2.45, 2.75) is 25.3 Å². The Kier molecular flexibility index (Phi) is 3.61. The van der Waals surface area contributed by atoms with Crippen molar-refractivity contribution >= 4 is 23.5 Å². The van der Waals surface area contributed by atoms with Gasteiger partial charge in [0.1, 0.15) is 5.69 Å². The fourth-order valence-corrected chi connectivity index (χ4v) is 2.65. The number of carboxylic acid groups (broad SMARTS) is 1. The van der Waals surface area contributed by atoms with Crippen LogP contribution in [-0.4, -0.2) is 39.0 Å². The van der Waals surface area contributed by atoms with Crippen molar-refractivity contribution in [1.82, 2.24) is 9.47 Å². The standard InChI is InChI=1S/C12H15ClN2O3/c1-14-7-8(13)5-10(14)12(18)15-4-2-3-9(15)6-11(16)17/h5,7,9H,2-4,6H2,1H3,(H,16,17). The highest BCUT2D eigenvalue weighted by molar-refractivity contribution is 6.31. The first-order valence-electron chi connectivity index (χ1n) is 5.83. The van der Waals surface area contributed by atoms with Crippen molar-refractivity contribution in [3.05, 3.63) is 23.0 Å². The summed E-state index contributed by atoms with van der Waals surface area (Å²) in [5, 5.41) is 9.35. The second-order valence-corrected chi connectivity index (χ2v) is 4.98. The minimum Gasteiger partial charge on any atom is -0.481 e. The molecule has 2 heterocycles. The highest BCUT2D eigenvalue weighted by Crippen LogP contribution is 2.24. The fraction of sp³-hybridized carbons (Fsp3) is 0.500. The molecule has 1 aliphatic heterocycles. The predicted molar refractivity (Wildman–Crippen MR) is 66.7 cm³/mol. The summed E-state index contributed by atoms with van der Waals surface area (Å²) >= 11 is 5.85. The number of nitrogens with zero attached hydrogens (tertiary/aromatic N) is 2. The molecule has 1 aliphatic rings. The van der Waals surface area contributed by atoms with E-state index in [9.17, 15) is 9.59 Å². The third-order valence-electron chi connectivity index (χ3n) is 3.24. The molecular formula is C12H15ClN2O3. The fourth-order valence-electron chi connectivity index (χ4n) is 2.40. The Morgan fingerprint density at radius 1 is 1.56 bits per heavy atom. The van der Waals surface area contributed by atoms with Crippen LogP contribution in [-0.2, 0) is 11.8 Å². The summed E-state index contributed by atoms with van der Waals surface area (Å²) in [7, 11) is 1.75. The molecular weight excluding hydrogens is 256 g/mol. The van der Waals surface area contributed by atoms with E-state index in [0.29, 0.717) is 17.3 Å². The molecule has 0 bridgehead atoms. The molecule has 5 nitrogen and oxygen atoms in total. The first kappa shape index (κ1) is 13.0. The molecule has 6 heteroatoms. The SMILES string of the molecule is Cn1cc(Cl)cc1C(=O)N1CCCC1CC(=O)O. The van der Waals surface area contributed by atoms with Crippen LogP contribution in [0.1, 0.15) is 29.8 Å². The zero-order valence-corrected chi connectivity index (χ0v) is 10.9. The molecule has 0 saturated carbocycles. The molecule has 18 heavy (non-hydrogen) atoms. The van der Waals surface area contributed by atoms with E-state index in [1.165, 1.54) is 0 Å². The van der Waals surface area contributed by atoms with Crippen LogP contribution in [0.2, 0.25) is 5.02 Å². The summed E-state index contributed by atoms with van der Waals surface area (Å²) in [6, 6.07) is 1.41. The molecule has 0 spiro atoms. The number of aromatic nitrogens is 1. The molecule has 1 fully saturated rings. The minimum atomic E-state index is -0.871. The number of hydrogen-bond acceptors (Lipinski definition) is 2. The Hall–Kier alpha value is -1.49. The third kappa shape index (κ3) is 2.51. The summed E-state index contributed by atoms with van der Waals surface area (Å²) in [5.41, 5.74) is 0.497. The van der Waals surface area contributed by atoms with Crippen molar-refractivity contribution in [2.24, 2.45) is 7.05 Å². The zero-order valence-electron chi connectivity index (χ0n) is 10.1.